The third-order valence-electron chi connectivity index (χ3n) is 3.29. The second kappa shape index (κ2) is 7.71. The van der Waals surface area contributed by atoms with Crippen molar-refractivity contribution in [2.75, 3.05) is 5.43 Å². The fourth-order valence-electron chi connectivity index (χ4n) is 2.18. The highest BCUT2D eigenvalue weighted by molar-refractivity contribution is 7.20. The molecule has 0 radical (unpaired) electrons. The standard InChI is InChI=1S/C17H17FN4OS2/c1-10(2)9-13-14(20-17(25-13)16-19-7-8-24-16)15(23)22-21-12-5-3-11(18)4-6-12/h3-8,10,21H,9H2,1-2H3,(H,22,23). The lowest BCUT2D eigenvalue weighted by molar-refractivity contribution is 0.0957. The van der Waals surface area contributed by atoms with E-state index in [0.717, 1.165) is 21.3 Å². The molecule has 25 heavy (non-hydrogen) atoms. The Morgan fingerprint density at radius 2 is 2.00 bits per heavy atom. The molecule has 0 atom stereocenters. The first kappa shape index (κ1) is 17.5. The minimum Gasteiger partial charge on any atom is -0.298 e. The van der Waals surface area contributed by atoms with Gasteiger partial charge in [0, 0.05) is 16.5 Å². The van der Waals surface area contributed by atoms with Crippen molar-refractivity contribution < 1.29 is 9.18 Å². The quantitative estimate of drug-likeness (QED) is 0.627. The number of nitrogens with zero attached hydrogens (tertiary/aromatic N) is 2. The summed E-state index contributed by atoms with van der Waals surface area (Å²) in [6.07, 6.45) is 2.49. The zero-order valence-corrected chi connectivity index (χ0v) is 15.4. The molecule has 1 amide bonds. The molecule has 1 aromatic carbocycles. The summed E-state index contributed by atoms with van der Waals surface area (Å²) in [4.78, 5) is 22.2. The van der Waals surface area contributed by atoms with Gasteiger partial charge in [-0.15, -0.1) is 22.7 Å². The second-order valence-corrected chi connectivity index (χ2v) is 7.79. The SMILES string of the molecule is CC(C)Cc1sc(-c2nccs2)nc1C(=O)NNc1ccc(F)cc1. The Morgan fingerprint density at radius 1 is 1.24 bits per heavy atom. The van der Waals surface area contributed by atoms with Crippen molar-refractivity contribution in [3.8, 4) is 10.0 Å². The summed E-state index contributed by atoms with van der Waals surface area (Å²) in [5, 5.41) is 3.44. The number of hydrogen-bond donors (Lipinski definition) is 2. The molecule has 0 aliphatic rings. The average Bonchev–Trinajstić information content (AvgIpc) is 3.23. The number of anilines is 1. The molecule has 0 unspecified atom stereocenters. The van der Waals surface area contributed by atoms with Crippen LogP contribution in [-0.2, 0) is 6.42 Å². The molecule has 0 aliphatic heterocycles. The largest absolute Gasteiger partial charge is 0.298 e. The number of nitrogens with one attached hydrogen (secondary N) is 2. The minimum absolute atomic E-state index is 0.320. The molecule has 2 heterocycles. The van der Waals surface area contributed by atoms with E-state index in [1.54, 1.807) is 18.3 Å². The van der Waals surface area contributed by atoms with Crippen molar-refractivity contribution in [2.45, 2.75) is 20.3 Å². The highest BCUT2D eigenvalue weighted by atomic mass is 32.1. The lowest BCUT2D eigenvalue weighted by atomic mass is 10.1. The number of rotatable bonds is 6. The summed E-state index contributed by atoms with van der Waals surface area (Å²) in [5.74, 6) is -0.246. The van der Waals surface area contributed by atoms with E-state index in [2.05, 4.69) is 34.7 Å². The fraction of sp³-hybridized carbons (Fsp3) is 0.235. The van der Waals surface area contributed by atoms with Gasteiger partial charge in [0.25, 0.3) is 5.91 Å². The van der Waals surface area contributed by atoms with Crippen molar-refractivity contribution in [2.24, 2.45) is 5.92 Å². The molecule has 3 aromatic rings. The van der Waals surface area contributed by atoms with E-state index in [9.17, 15) is 9.18 Å². The van der Waals surface area contributed by atoms with E-state index < -0.39 is 0 Å². The normalized spacial score (nSPS) is 10.9. The van der Waals surface area contributed by atoms with Crippen molar-refractivity contribution in [3.63, 3.8) is 0 Å². The molecule has 2 N–H and O–H groups in total. The van der Waals surface area contributed by atoms with E-state index >= 15 is 0 Å². The molecule has 5 nitrogen and oxygen atoms in total. The third-order valence-corrected chi connectivity index (χ3v) is 5.28. The van der Waals surface area contributed by atoms with Crippen molar-refractivity contribution >= 4 is 34.3 Å². The van der Waals surface area contributed by atoms with Crippen molar-refractivity contribution in [3.05, 3.63) is 52.2 Å². The van der Waals surface area contributed by atoms with Crippen LogP contribution in [-0.4, -0.2) is 15.9 Å². The topological polar surface area (TPSA) is 66.9 Å². The van der Waals surface area contributed by atoms with Gasteiger partial charge in [-0.1, -0.05) is 13.8 Å². The monoisotopic (exact) mass is 376 g/mol. The second-order valence-electron chi connectivity index (χ2n) is 5.81. The molecular formula is C17H17FN4OS2. The van der Waals surface area contributed by atoms with Gasteiger partial charge in [0.15, 0.2) is 10.0 Å². The van der Waals surface area contributed by atoms with E-state index in [1.807, 2.05) is 5.38 Å². The Hall–Kier alpha value is -2.32. The number of carbonyl (C=O) groups excluding carboxylic acids is 1. The van der Waals surface area contributed by atoms with E-state index in [-0.39, 0.29) is 11.7 Å². The Bertz CT molecular complexity index is 844. The summed E-state index contributed by atoms with van der Waals surface area (Å²) in [7, 11) is 0. The fourth-order valence-corrected chi connectivity index (χ4v) is 4.13. The van der Waals surface area contributed by atoms with Crippen LogP contribution >= 0.6 is 22.7 Å². The molecule has 0 saturated heterocycles. The number of halogens is 1. The molecule has 0 spiro atoms. The molecule has 0 fully saturated rings. The molecule has 2 aromatic heterocycles. The number of aromatic nitrogens is 2. The van der Waals surface area contributed by atoms with Crippen LogP contribution in [0.3, 0.4) is 0 Å². The van der Waals surface area contributed by atoms with Gasteiger partial charge >= 0.3 is 0 Å². The summed E-state index contributed by atoms with van der Waals surface area (Å²) >= 11 is 2.99. The van der Waals surface area contributed by atoms with Crippen LogP contribution in [0.4, 0.5) is 10.1 Å². The predicted octanol–water partition coefficient (Wildman–Crippen LogP) is 4.36. The predicted molar refractivity (Wildman–Crippen MR) is 99.3 cm³/mol. The maximum absolute atomic E-state index is 12.9. The van der Waals surface area contributed by atoms with E-state index in [1.165, 1.54) is 34.8 Å². The summed E-state index contributed by atoms with van der Waals surface area (Å²) in [6.45, 7) is 4.20. The van der Waals surface area contributed by atoms with Gasteiger partial charge in [-0.05, 0) is 36.6 Å². The summed E-state index contributed by atoms with van der Waals surface area (Å²) < 4.78 is 12.9. The van der Waals surface area contributed by atoms with Gasteiger partial charge < -0.3 is 0 Å². The Balaban J connectivity index is 1.78. The zero-order chi connectivity index (χ0) is 17.8. The molecule has 0 bridgehead atoms. The van der Waals surface area contributed by atoms with Crippen LogP contribution in [0.25, 0.3) is 10.0 Å². The lowest BCUT2D eigenvalue weighted by Crippen LogP contribution is -2.30. The number of hydrogen-bond acceptors (Lipinski definition) is 6. The van der Waals surface area contributed by atoms with Gasteiger partial charge in [-0.25, -0.2) is 14.4 Å². The van der Waals surface area contributed by atoms with Gasteiger partial charge in [0.1, 0.15) is 11.5 Å². The van der Waals surface area contributed by atoms with Crippen LogP contribution in [0.1, 0.15) is 29.2 Å². The maximum atomic E-state index is 12.9. The van der Waals surface area contributed by atoms with Crippen LogP contribution in [0, 0.1) is 11.7 Å². The van der Waals surface area contributed by atoms with Crippen molar-refractivity contribution in [1.82, 2.24) is 15.4 Å². The Morgan fingerprint density at radius 3 is 2.64 bits per heavy atom. The molecule has 0 aliphatic carbocycles. The smallest absolute Gasteiger partial charge is 0.289 e. The van der Waals surface area contributed by atoms with Gasteiger partial charge in [0.05, 0.1) is 5.69 Å². The van der Waals surface area contributed by atoms with Crippen LogP contribution in [0.5, 0.6) is 0 Å². The van der Waals surface area contributed by atoms with Crippen LogP contribution in [0.2, 0.25) is 0 Å². The minimum atomic E-state index is -0.330. The molecular weight excluding hydrogens is 359 g/mol. The average molecular weight is 376 g/mol. The highest BCUT2D eigenvalue weighted by Crippen LogP contribution is 2.31. The first-order valence-electron chi connectivity index (χ1n) is 7.74. The first-order chi connectivity index (χ1) is 12.0. The number of carbonyl (C=O) groups is 1. The number of hydrazine groups is 1. The number of benzene rings is 1. The lowest BCUT2D eigenvalue weighted by Gasteiger charge is -2.09. The molecule has 8 heteroatoms. The molecule has 0 saturated carbocycles. The first-order valence-corrected chi connectivity index (χ1v) is 9.44. The molecule has 130 valence electrons. The Kier molecular flexibility index (Phi) is 5.40. The number of amides is 1. The Labute approximate surface area is 152 Å². The van der Waals surface area contributed by atoms with Gasteiger partial charge in [-0.3, -0.25) is 15.6 Å². The van der Waals surface area contributed by atoms with Crippen molar-refractivity contribution in [1.29, 1.82) is 0 Å². The number of thiazole rings is 2. The van der Waals surface area contributed by atoms with Crippen LogP contribution < -0.4 is 10.9 Å². The maximum Gasteiger partial charge on any atom is 0.289 e. The summed E-state index contributed by atoms with van der Waals surface area (Å²) in [6, 6.07) is 5.74. The van der Waals surface area contributed by atoms with Crippen LogP contribution in [0.15, 0.2) is 35.8 Å². The van der Waals surface area contributed by atoms with E-state index in [0.29, 0.717) is 17.3 Å². The third kappa shape index (κ3) is 4.40. The summed E-state index contributed by atoms with van der Waals surface area (Å²) in [5.41, 5.74) is 6.40. The highest BCUT2D eigenvalue weighted by Gasteiger charge is 2.20. The molecule has 3 rings (SSSR count). The van der Waals surface area contributed by atoms with E-state index in [4.69, 9.17) is 0 Å². The van der Waals surface area contributed by atoms with Gasteiger partial charge in [-0.2, -0.15) is 0 Å². The van der Waals surface area contributed by atoms with Gasteiger partial charge in [0.2, 0.25) is 0 Å². The zero-order valence-electron chi connectivity index (χ0n) is 13.7.